The first-order valence-corrected chi connectivity index (χ1v) is 5.54. The summed E-state index contributed by atoms with van der Waals surface area (Å²) in [6.45, 7) is 10.0. The maximum absolute atomic E-state index is 9.70. The third-order valence-electron chi connectivity index (χ3n) is 1.30. The van der Waals surface area contributed by atoms with Gasteiger partial charge in [-0.3, -0.25) is 4.52 Å². The predicted molar refractivity (Wildman–Crippen MR) is 53.4 cm³/mol. The van der Waals surface area contributed by atoms with E-state index in [4.69, 9.17) is 9.79 Å². The highest BCUT2D eigenvalue weighted by Crippen LogP contribution is 2.34. The van der Waals surface area contributed by atoms with Crippen molar-refractivity contribution in [2.75, 3.05) is 6.61 Å². The van der Waals surface area contributed by atoms with Gasteiger partial charge in [-0.1, -0.05) is 11.1 Å². The molecular formula is C8H19O4P. The number of hydrogen-bond acceptors (Lipinski definition) is 2. The van der Waals surface area contributed by atoms with Crippen molar-refractivity contribution in [2.45, 2.75) is 34.6 Å². The zero-order valence-electron chi connectivity index (χ0n) is 8.87. The topological polar surface area (TPSA) is 66.8 Å². The van der Waals surface area contributed by atoms with Crippen molar-refractivity contribution in [1.82, 2.24) is 0 Å². The molecule has 0 saturated carbocycles. The lowest BCUT2D eigenvalue weighted by Gasteiger charge is -1.98. The quantitative estimate of drug-likeness (QED) is 0.542. The molecule has 0 radical (unpaired) electrons. The van der Waals surface area contributed by atoms with Gasteiger partial charge in [0.2, 0.25) is 0 Å². The minimum atomic E-state index is -4.17. The summed E-state index contributed by atoms with van der Waals surface area (Å²) in [4.78, 5) is 15.8. The van der Waals surface area contributed by atoms with Gasteiger partial charge >= 0.3 is 7.82 Å². The normalized spacial score (nSPS) is 10.1. The Labute approximate surface area is 79.9 Å². The fourth-order valence-electron chi connectivity index (χ4n) is 0.168. The molecule has 4 nitrogen and oxygen atoms in total. The second-order valence-electron chi connectivity index (χ2n) is 2.91. The van der Waals surface area contributed by atoms with Crippen LogP contribution in [-0.2, 0) is 9.09 Å². The lowest BCUT2D eigenvalue weighted by molar-refractivity contribution is 0.206. The van der Waals surface area contributed by atoms with E-state index >= 15 is 0 Å². The van der Waals surface area contributed by atoms with Crippen LogP contribution in [0.1, 0.15) is 34.6 Å². The lowest BCUT2D eigenvalue weighted by atomic mass is 10.2. The predicted octanol–water partition coefficient (Wildman–Crippen LogP) is 2.48. The van der Waals surface area contributed by atoms with E-state index in [-0.39, 0.29) is 6.61 Å². The van der Waals surface area contributed by atoms with Crippen LogP contribution in [0.2, 0.25) is 0 Å². The van der Waals surface area contributed by atoms with Crippen molar-refractivity contribution in [3.63, 3.8) is 0 Å². The van der Waals surface area contributed by atoms with Gasteiger partial charge in [-0.05, 0) is 34.6 Å². The summed E-state index contributed by atoms with van der Waals surface area (Å²) in [5.74, 6) is 0. The van der Waals surface area contributed by atoms with Gasteiger partial charge in [0.1, 0.15) is 0 Å². The van der Waals surface area contributed by atoms with Gasteiger partial charge < -0.3 is 9.79 Å². The molecule has 0 bridgehead atoms. The first-order valence-electron chi connectivity index (χ1n) is 4.01. The summed E-state index contributed by atoms with van der Waals surface area (Å²) >= 11 is 0. The van der Waals surface area contributed by atoms with Crippen LogP contribution in [0.25, 0.3) is 0 Å². The van der Waals surface area contributed by atoms with E-state index in [0.29, 0.717) is 0 Å². The maximum Gasteiger partial charge on any atom is 0.469 e. The van der Waals surface area contributed by atoms with E-state index < -0.39 is 7.82 Å². The third kappa shape index (κ3) is 18.7. The van der Waals surface area contributed by atoms with Gasteiger partial charge in [0.05, 0.1) is 6.61 Å². The second-order valence-corrected chi connectivity index (χ2v) is 4.15. The molecule has 0 aliphatic carbocycles. The fraction of sp³-hybridized carbons (Fsp3) is 0.750. The first kappa shape index (κ1) is 15.3. The van der Waals surface area contributed by atoms with E-state index in [1.54, 1.807) is 0 Å². The number of hydrogen-bond donors (Lipinski definition) is 2. The molecule has 0 fully saturated rings. The second kappa shape index (κ2) is 7.27. The van der Waals surface area contributed by atoms with Gasteiger partial charge in [0.25, 0.3) is 0 Å². The summed E-state index contributed by atoms with van der Waals surface area (Å²) < 4.78 is 13.6. The van der Waals surface area contributed by atoms with Crippen LogP contribution in [0.15, 0.2) is 11.1 Å². The molecule has 0 aromatic rings. The molecule has 0 amide bonds. The molecule has 2 N–H and O–H groups in total. The highest BCUT2D eigenvalue weighted by molar-refractivity contribution is 7.46. The molecule has 0 aliphatic heterocycles. The zero-order chi connectivity index (χ0) is 11.1. The van der Waals surface area contributed by atoms with E-state index in [1.165, 1.54) is 18.1 Å². The summed E-state index contributed by atoms with van der Waals surface area (Å²) in [5, 5.41) is 0. The Bertz CT molecular complexity index is 186. The summed E-state index contributed by atoms with van der Waals surface area (Å²) in [7, 11) is -4.17. The Hall–Kier alpha value is -0.150. The SMILES string of the molecule is CC(C)=C(C)C.CCOP(=O)(O)O. The van der Waals surface area contributed by atoms with Crippen molar-refractivity contribution in [3.8, 4) is 0 Å². The Balaban J connectivity index is 0. The van der Waals surface area contributed by atoms with Crippen LogP contribution in [0.3, 0.4) is 0 Å². The van der Waals surface area contributed by atoms with E-state index in [9.17, 15) is 4.57 Å². The molecule has 0 atom stereocenters. The number of phosphoric ester groups is 1. The summed E-state index contributed by atoms with van der Waals surface area (Å²) in [5.41, 5.74) is 2.85. The minimum Gasteiger partial charge on any atom is -0.303 e. The molecule has 0 unspecified atom stereocenters. The van der Waals surface area contributed by atoms with Crippen LogP contribution < -0.4 is 0 Å². The largest absolute Gasteiger partial charge is 0.469 e. The van der Waals surface area contributed by atoms with Crippen molar-refractivity contribution in [1.29, 1.82) is 0 Å². The van der Waals surface area contributed by atoms with Gasteiger partial charge in [-0.25, -0.2) is 4.57 Å². The molecular weight excluding hydrogens is 191 g/mol. The summed E-state index contributed by atoms with van der Waals surface area (Å²) in [6, 6.07) is 0. The Morgan fingerprint density at radius 3 is 1.46 bits per heavy atom. The fourth-order valence-corrected chi connectivity index (χ4v) is 0.505. The van der Waals surface area contributed by atoms with Gasteiger partial charge in [0, 0.05) is 0 Å². The molecule has 0 aliphatic rings. The highest BCUT2D eigenvalue weighted by Gasteiger charge is 2.10. The van der Waals surface area contributed by atoms with E-state index in [2.05, 4.69) is 32.2 Å². The summed E-state index contributed by atoms with van der Waals surface area (Å²) in [6.07, 6.45) is 0. The standard InChI is InChI=1S/C6H12.C2H7O4P/c1-5(2)6(3)4;1-2-6-7(3,4)5/h1-4H3;2H2,1H3,(H2,3,4,5). The highest BCUT2D eigenvalue weighted by atomic mass is 31.2. The monoisotopic (exact) mass is 210 g/mol. The van der Waals surface area contributed by atoms with Crippen LogP contribution in [0, 0.1) is 0 Å². The number of rotatable bonds is 2. The van der Waals surface area contributed by atoms with Gasteiger partial charge in [-0.2, -0.15) is 0 Å². The molecule has 80 valence electrons. The third-order valence-corrected chi connectivity index (χ3v) is 1.89. The van der Waals surface area contributed by atoms with E-state index in [1.807, 2.05) is 0 Å². The lowest BCUT2D eigenvalue weighted by Crippen LogP contribution is -1.84. The van der Waals surface area contributed by atoms with Crippen LogP contribution in [-0.4, -0.2) is 16.4 Å². The Morgan fingerprint density at radius 1 is 1.15 bits per heavy atom. The number of allylic oxidation sites excluding steroid dienone is 2. The minimum absolute atomic E-state index is 0.0459. The van der Waals surface area contributed by atoms with Gasteiger partial charge in [0.15, 0.2) is 0 Å². The van der Waals surface area contributed by atoms with Crippen molar-refractivity contribution in [2.24, 2.45) is 0 Å². The average molecular weight is 210 g/mol. The Morgan fingerprint density at radius 2 is 1.46 bits per heavy atom. The molecule has 0 rings (SSSR count). The maximum atomic E-state index is 9.70. The van der Waals surface area contributed by atoms with Gasteiger partial charge in [-0.15, -0.1) is 0 Å². The molecule has 0 aromatic carbocycles. The Kier molecular flexibility index (Phi) is 8.57. The molecule has 0 heterocycles. The van der Waals surface area contributed by atoms with Crippen molar-refractivity contribution >= 4 is 7.82 Å². The van der Waals surface area contributed by atoms with Crippen molar-refractivity contribution < 1.29 is 18.9 Å². The smallest absolute Gasteiger partial charge is 0.303 e. The molecule has 5 heteroatoms. The molecule has 0 aromatic heterocycles. The average Bonchev–Trinajstić information content (AvgIpc) is 1.85. The molecule has 0 saturated heterocycles. The van der Waals surface area contributed by atoms with Crippen molar-refractivity contribution in [3.05, 3.63) is 11.1 Å². The number of phosphoric acid groups is 1. The van der Waals surface area contributed by atoms with Crippen LogP contribution >= 0.6 is 7.82 Å². The molecule has 13 heavy (non-hydrogen) atoms. The van der Waals surface area contributed by atoms with Crippen LogP contribution in [0.5, 0.6) is 0 Å². The van der Waals surface area contributed by atoms with E-state index in [0.717, 1.165) is 0 Å². The first-order chi connectivity index (χ1) is 5.70. The zero-order valence-corrected chi connectivity index (χ0v) is 9.76. The molecule has 0 spiro atoms. The van der Waals surface area contributed by atoms with Crippen LogP contribution in [0.4, 0.5) is 0 Å².